The number of hydrogen-bond acceptors (Lipinski definition) is 3. The largest absolute Gasteiger partial charge is 0.390 e. The third-order valence-corrected chi connectivity index (χ3v) is 1.10. The zero-order valence-corrected chi connectivity index (χ0v) is 7.20. The van der Waals surface area contributed by atoms with Crippen LogP contribution in [-0.4, -0.2) is 48.0 Å². The number of nitrogens with zero attached hydrogens (tertiary/aromatic N) is 1. The maximum Gasteiger partial charge on any atom is 0.140 e. The molecule has 0 bridgehead atoms. The highest BCUT2D eigenvalue weighted by atomic mass is 16.3. The van der Waals surface area contributed by atoms with Crippen molar-refractivity contribution in [1.82, 2.24) is 4.90 Å². The number of hydrogen-bond donors (Lipinski definition) is 2. The molecule has 0 rings (SSSR count). The smallest absolute Gasteiger partial charge is 0.140 e. The summed E-state index contributed by atoms with van der Waals surface area (Å²) < 4.78 is 0. The molecule has 0 spiro atoms. The lowest BCUT2D eigenvalue weighted by Gasteiger charge is -2.05. The Morgan fingerprint density at radius 1 is 1.36 bits per heavy atom. The van der Waals surface area contributed by atoms with E-state index in [0.29, 0.717) is 6.54 Å². The van der Waals surface area contributed by atoms with Crippen molar-refractivity contribution in [1.29, 1.82) is 0 Å². The third-order valence-electron chi connectivity index (χ3n) is 1.10. The highest BCUT2D eigenvalue weighted by Gasteiger charge is 2.04. The number of aliphatic hydroxyl groups excluding tert-OH is 2. The number of aliphatic hydroxyl groups is 2. The Hall–Kier alpha value is -0.560. The summed E-state index contributed by atoms with van der Waals surface area (Å²) in [4.78, 5) is 1.89. The summed E-state index contributed by atoms with van der Waals surface area (Å²) in [5.41, 5.74) is 0. The van der Waals surface area contributed by atoms with Crippen LogP contribution in [0.3, 0.4) is 0 Å². The first kappa shape index (κ1) is 10.4. The predicted molar refractivity (Wildman–Crippen MR) is 44.0 cm³/mol. The fourth-order valence-corrected chi connectivity index (χ4v) is 0.429. The minimum Gasteiger partial charge on any atom is -0.390 e. The van der Waals surface area contributed by atoms with Crippen molar-refractivity contribution in [2.24, 2.45) is 0 Å². The van der Waals surface area contributed by atoms with Crippen LogP contribution in [0.1, 0.15) is 6.92 Å². The first-order chi connectivity index (χ1) is 5.04. The SMILES string of the molecule is C[C@H](O)[C@H](O)C#CCN(C)C. The zero-order valence-electron chi connectivity index (χ0n) is 7.20. The van der Waals surface area contributed by atoms with E-state index < -0.39 is 12.2 Å². The Balaban J connectivity index is 3.69. The van der Waals surface area contributed by atoms with Crippen LogP contribution in [-0.2, 0) is 0 Å². The van der Waals surface area contributed by atoms with Gasteiger partial charge in [-0.3, -0.25) is 4.90 Å². The molecule has 0 unspecified atom stereocenters. The van der Waals surface area contributed by atoms with Crippen molar-refractivity contribution in [2.75, 3.05) is 20.6 Å². The molecule has 0 aromatic rings. The molecule has 11 heavy (non-hydrogen) atoms. The van der Waals surface area contributed by atoms with E-state index in [-0.39, 0.29) is 0 Å². The van der Waals surface area contributed by atoms with Crippen LogP contribution in [0.2, 0.25) is 0 Å². The second-order valence-electron chi connectivity index (χ2n) is 2.74. The first-order valence-electron chi connectivity index (χ1n) is 3.53. The predicted octanol–water partition coefficient (Wildman–Crippen LogP) is -0.707. The summed E-state index contributed by atoms with van der Waals surface area (Å²) >= 11 is 0. The standard InChI is InChI=1S/C8H15NO2/c1-7(10)8(11)5-4-6-9(2)3/h7-8,10-11H,6H2,1-3H3/t7-,8+/m0/s1. The van der Waals surface area contributed by atoms with Crippen molar-refractivity contribution in [3.05, 3.63) is 0 Å². The van der Waals surface area contributed by atoms with E-state index in [9.17, 15) is 0 Å². The van der Waals surface area contributed by atoms with Gasteiger partial charge in [0.1, 0.15) is 6.10 Å². The average Bonchev–Trinajstić information content (AvgIpc) is 1.86. The molecule has 0 aromatic carbocycles. The third kappa shape index (κ3) is 5.86. The van der Waals surface area contributed by atoms with E-state index >= 15 is 0 Å². The molecule has 0 radical (unpaired) electrons. The topological polar surface area (TPSA) is 43.7 Å². The Morgan fingerprint density at radius 2 is 1.91 bits per heavy atom. The molecule has 0 amide bonds. The van der Waals surface area contributed by atoms with Crippen LogP contribution < -0.4 is 0 Å². The first-order valence-corrected chi connectivity index (χ1v) is 3.53. The van der Waals surface area contributed by atoms with Gasteiger partial charge in [0.25, 0.3) is 0 Å². The van der Waals surface area contributed by atoms with Crippen LogP contribution in [0.15, 0.2) is 0 Å². The van der Waals surface area contributed by atoms with E-state index in [0.717, 1.165) is 0 Å². The molecule has 3 nitrogen and oxygen atoms in total. The van der Waals surface area contributed by atoms with Gasteiger partial charge in [-0.05, 0) is 21.0 Å². The lowest BCUT2D eigenvalue weighted by molar-refractivity contribution is 0.0677. The minimum atomic E-state index is -0.921. The van der Waals surface area contributed by atoms with Crippen LogP contribution in [0.5, 0.6) is 0 Å². The fourth-order valence-electron chi connectivity index (χ4n) is 0.429. The lowest BCUT2D eigenvalue weighted by Crippen LogP contribution is -2.20. The van der Waals surface area contributed by atoms with E-state index in [1.807, 2.05) is 19.0 Å². The minimum absolute atomic E-state index is 0.601. The molecule has 0 aliphatic heterocycles. The summed E-state index contributed by atoms with van der Waals surface area (Å²) in [5, 5.41) is 17.8. The highest BCUT2D eigenvalue weighted by molar-refractivity contribution is 5.07. The molecule has 0 fully saturated rings. The highest BCUT2D eigenvalue weighted by Crippen LogP contribution is 1.87. The average molecular weight is 157 g/mol. The maximum absolute atomic E-state index is 9.00. The summed E-state index contributed by atoms with van der Waals surface area (Å²) in [6, 6.07) is 0. The molecule has 0 saturated carbocycles. The molecule has 0 aromatic heterocycles. The molecule has 0 aliphatic carbocycles. The van der Waals surface area contributed by atoms with Crippen LogP contribution >= 0.6 is 0 Å². The fraction of sp³-hybridized carbons (Fsp3) is 0.750. The maximum atomic E-state index is 9.00. The summed E-state index contributed by atoms with van der Waals surface area (Å²) in [6.45, 7) is 2.11. The monoisotopic (exact) mass is 157 g/mol. The summed E-state index contributed by atoms with van der Waals surface area (Å²) in [5.74, 6) is 5.26. The van der Waals surface area contributed by atoms with E-state index in [2.05, 4.69) is 11.8 Å². The van der Waals surface area contributed by atoms with Crippen molar-refractivity contribution in [3.8, 4) is 11.8 Å². The van der Waals surface area contributed by atoms with Gasteiger partial charge in [-0.2, -0.15) is 0 Å². The van der Waals surface area contributed by atoms with Gasteiger partial charge < -0.3 is 10.2 Å². The van der Waals surface area contributed by atoms with E-state index in [1.165, 1.54) is 6.92 Å². The summed E-state index contributed by atoms with van der Waals surface area (Å²) in [6.07, 6.45) is -1.69. The van der Waals surface area contributed by atoms with Gasteiger partial charge in [0.2, 0.25) is 0 Å². The van der Waals surface area contributed by atoms with Crippen LogP contribution in [0.4, 0.5) is 0 Å². The molecular weight excluding hydrogens is 142 g/mol. The Bertz CT molecular complexity index is 155. The molecule has 0 heterocycles. The van der Waals surface area contributed by atoms with Crippen LogP contribution in [0, 0.1) is 11.8 Å². The molecule has 3 heteroatoms. The van der Waals surface area contributed by atoms with E-state index in [4.69, 9.17) is 10.2 Å². The van der Waals surface area contributed by atoms with Crippen LogP contribution in [0.25, 0.3) is 0 Å². The quantitative estimate of drug-likeness (QED) is 0.521. The van der Waals surface area contributed by atoms with Crippen molar-refractivity contribution >= 4 is 0 Å². The Kier molecular flexibility index (Phi) is 4.88. The Labute approximate surface area is 67.6 Å². The van der Waals surface area contributed by atoms with Crippen molar-refractivity contribution < 1.29 is 10.2 Å². The number of rotatable bonds is 2. The van der Waals surface area contributed by atoms with Gasteiger partial charge in [-0.1, -0.05) is 11.8 Å². The van der Waals surface area contributed by atoms with Gasteiger partial charge in [0.15, 0.2) is 0 Å². The molecule has 2 atom stereocenters. The normalized spacial score (nSPS) is 15.5. The van der Waals surface area contributed by atoms with E-state index in [1.54, 1.807) is 0 Å². The van der Waals surface area contributed by atoms with Gasteiger partial charge in [0.05, 0.1) is 12.6 Å². The van der Waals surface area contributed by atoms with Gasteiger partial charge in [0, 0.05) is 0 Å². The van der Waals surface area contributed by atoms with Gasteiger partial charge in [-0.25, -0.2) is 0 Å². The van der Waals surface area contributed by atoms with Crippen molar-refractivity contribution in [3.63, 3.8) is 0 Å². The second kappa shape index (κ2) is 5.14. The van der Waals surface area contributed by atoms with Gasteiger partial charge >= 0.3 is 0 Å². The molecular formula is C8H15NO2. The zero-order chi connectivity index (χ0) is 8.85. The second-order valence-corrected chi connectivity index (χ2v) is 2.74. The Morgan fingerprint density at radius 3 is 2.27 bits per heavy atom. The summed E-state index contributed by atoms with van der Waals surface area (Å²) in [7, 11) is 3.78. The molecule has 0 saturated heterocycles. The molecule has 2 N–H and O–H groups in total. The lowest BCUT2D eigenvalue weighted by atomic mass is 10.2. The van der Waals surface area contributed by atoms with Gasteiger partial charge in [-0.15, -0.1) is 0 Å². The van der Waals surface area contributed by atoms with Crippen molar-refractivity contribution in [2.45, 2.75) is 19.1 Å². The molecule has 64 valence electrons. The molecule has 0 aliphatic rings.